The third-order valence-electron chi connectivity index (χ3n) is 4.39. The van der Waals surface area contributed by atoms with Crippen molar-refractivity contribution in [2.75, 3.05) is 25.0 Å². The van der Waals surface area contributed by atoms with Gasteiger partial charge in [-0.2, -0.15) is 0 Å². The summed E-state index contributed by atoms with van der Waals surface area (Å²) in [5.74, 6) is 0.253. The van der Waals surface area contributed by atoms with Crippen molar-refractivity contribution >= 4 is 11.5 Å². The molecule has 0 unspecified atom stereocenters. The molecule has 0 bridgehead atoms. The molecule has 1 atom stereocenters. The molecule has 1 heterocycles. The van der Waals surface area contributed by atoms with Crippen LogP contribution in [0.5, 0.6) is 0 Å². The maximum Gasteiger partial charge on any atom is 0.162 e. The Bertz CT molecular complexity index is 612. The van der Waals surface area contributed by atoms with Gasteiger partial charge in [-0.3, -0.25) is 4.79 Å². The molecule has 3 nitrogen and oxygen atoms in total. The van der Waals surface area contributed by atoms with E-state index < -0.39 is 0 Å². The summed E-state index contributed by atoms with van der Waals surface area (Å²) in [4.78, 5) is 14.6. The highest BCUT2D eigenvalue weighted by Crippen LogP contribution is 2.16. The number of nitrogens with zero attached hydrogens (tertiary/aromatic N) is 1. The molecule has 0 saturated carbocycles. The monoisotopic (exact) mass is 308 g/mol. The Kier molecular flexibility index (Phi) is 5.43. The van der Waals surface area contributed by atoms with E-state index in [1.807, 2.05) is 36.4 Å². The molecule has 120 valence electrons. The summed E-state index contributed by atoms with van der Waals surface area (Å²) in [5.41, 5.74) is 2.02. The number of anilines is 1. The van der Waals surface area contributed by atoms with Gasteiger partial charge in [-0.05, 0) is 31.5 Å². The molecule has 0 aliphatic carbocycles. The highest BCUT2D eigenvalue weighted by Gasteiger charge is 2.21. The first kappa shape index (κ1) is 15.8. The summed E-state index contributed by atoms with van der Waals surface area (Å²) in [6.45, 7) is 3.18. The molecule has 0 amide bonds. The number of para-hydroxylation sites is 1. The minimum absolute atomic E-state index is 0.253. The van der Waals surface area contributed by atoms with E-state index in [1.54, 1.807) is 0 Å². The van der Waals surface area contributed by atoms with E-state index in [-0.39, 0.29) is 5.78 Å². The Hall–Kier alpha value is -2.13. The molecule has 0 aromatic heterocycles. The van der Waals surface area contributed by atoms with Crippen LogP contribution in [0.2, 0.25) is 0 Å². The van der Waals surface area contributed by atoms with Crippen molar-refractivity contribution in [1.29, 1.82) is 0 Å². The molecule has 3 heteroatoms. The first-order chi connectivity index (χ1) is 11.3. The first-order valence-electron chi connectivity index (χ1n) is 8.43. The lowest BCUT2D eigenvalue weighted by Crippen LogP contribution is -2.27. The lowest BCUT2D eigenvalue weighted by Gasteiger charge is -2.17. The fourth-order valence-corrected chi connectivity index (χ4v) is 3.16. The van der Waals surface area contributed by atoms with Crippen LogP contribution in [0.3, 0.4) is 0 Å². The molecular formula is C20H24N2O. The lowest BCUT2D eigenvalue weighted by atomic mass is 10.1. The van der Waals surface area contributed by atoms with E-state index in [1.165, 1.54) is 12.1 Å². The Labute approximate surface area is 138 Å². The fraction of sp³-hybridized carbons (Fsp3) is 0.350. The number of ketones is 1. The second-order valence-electron chi connectivity index (χ2n) is 6.19. The summed E-state index contributed by atoms with van der Waals surface area (Å²) < 4.78 is 0. The average molecular weight is 308 g/mol. The van der Waals surface area contributed by atoms with Gasteiger partial charge in [0.15, 0.2) is 5.78 Å². The number of Topliss-reactive ketones (excluding diaryl/α,β-unsaturated/α-hetero) is 1. The third-order valence-corrected chi connectivity index (χ3v) is 4.39. The van der Waals surface area contributed by atoms with Gasteiger partial charge in [0.1, 0.15) is 0 Å². The van der Waals surface area contributed by atoms with Gasteiger partial charge in [-0.25, -0.2) is 0 Å². The fourth-order valence-electron chi connectivity index (χ4n) is 3.16. The van der Waals surface area contributed by atoms with Crippen molar-refractivity contribution in [3.8, 4) is 0 Å². The molecule has 1 fully saturated rings. The van der Waals surface area contributed by atoms with Gasteiger partial charge >= 0.3 is 0 Å². The van der Waals surface area contributed by atoms with Gasteiger partial charge in [-0.1, -0.05) is 48.5 Å². The first-order valence-corrected chi connectivity index (χ1v) is 8.43. The normalized spacial score (nSPS) is 18.0. The molecule has 1 aliphatic heterocycles. The number of rotatable bonds is 7. The van der Waals surface area contributed by atoms with E-state index in [2.05, 4.69) is 34.5 Å². The van der Waals surface area contributed by atoms with Gasteiger partial charge in [0.2, 0.25) is 0 Å². The van der Waals surface area contributed by atoms with Crippen LogP contribution in [0.1, 0.15) is 29.6 Å². The number of carbonyl (C=O) groups is 1. The maximum absolute atomic E-state index is 12.1. The standard InChI is InChI=1S/C20H24N2O/c23-20(17-8-3-1-4-9-17)12-7-14-22-15-13-19(16-22)21-18-10-5-2-6-11-18/h1-6,8-11,19,21H,7,12-16H2/t19-/m0/s1. The summed E-state index contributed by atoms with van der Waals surface area (Å²) in [6, 6.07) is 20.5. The Morgan fingerprint density at radius 2 is 1.74 bits per heavy atom. The van der Waals surface area contributed by atoms with Crippen molar-refractivity contribution < 1.29 is 4.79 Å². The highest BCUT2D eigenvalue weighted by atomic mass is 16.1. The van der Waals surface area contributed by atoms with Crippen molar-refractivity contribution in [1.82, 2.24) is 4.90 Å². The topological polar surface area (TPSA) is 32.3 Å². The SMILES string of the molecule is O=C(CCCN1CC[C@H](Nc2ccccc2)C1)c1ccccc1. The summed E-state index contributed by atoms with van der Waals surface area (Å²) in [6.07, 6.45) is 2.74. The predicted molar refractivity (Wildman–Crippen MR) is 94.9 cm³/mol. The molecule has 23 heavy (non-hydrogen) atoms. The minimum Gasteiger partial charge on any atom is -0.381 e. The maximum atomic E-state index is 12.1. The van der Waals surface area contributed by atoms with E-state index in [4.69, 9.17) is 0 Å². The van der Waals surface area contributed by atoms with Crippen LogP contribution in [0.4, 0.5) is 5.69 Å². The smallest absolute Gasteiger partial charge is 0.162 e. The second-order valence-corrected chi connectivity index (χ2v) is 6.19. The molecular weight excluding hydrogens is 284 g/mol. The zero-order chi connectivity index (χ0) is 15.9. The number of carbonyl (C=O) groups excluding carboxylic acids is 1. The Balaban J connectivity index is 1.38. The van der Waals surface area contributed by atoms with Gasteiger partial charge in [-0.15, -0.1) is 0 Å². The van der Waals surface area contributed by atoms with Crippen molar-refractivity contribution in [2.45, 2.75) is 25.3 Å². The van der Waals surface area contributed by atoms with Crippen molar-refractivity contribution in [2.24, 2.45) is 0 Å². The van der Waals surface area contributed by atoms with Crippen LogP contribution in [-0.4, -0.2) is 36.4 Å². The molecule has 2 aromatic carbocycles. The van der Waals surface area contributed by atoms with Gasteiger partial charge in [0, 0.05) is 36.8 Å². The zero-order valence-electron chi connectivity index (χ0n) is 13.4. The summed E-state index contributed by atoms with van der Waals surface area (Å²) in [7, 11) is 0. The minimum atomic E-state index is 0.253. The quantitative estimate of drug-likeness (QED) is 0.789. The number of hydrogen-bond acceptors (Lipinski definition) is 3. The van der Waals surface area contributed by atoms with Crippen LogP contribution in [0.25, 0.3) is 0 Å². The Morgan fingerprint density at radius 3 is 2.48 bits per heavy atom. The van der Waals surface area contributed by atoms with E-state index in [9.17, 15) is 4.79 Å². The molecule has 1 aliphatic rings. The van der Waals surface area contributed by atoms with Crippen LogP contribution >= 0.6 is 0 Å². The van der Waals surface area contributed by atoms with Crippen LogP contribution in [0.15, 0.2) is 60.7 Å². The van der Waals surface area contributed by atoms with Crippen LogP contribution in [0, 0.1) is 0 Å². The molecule has 0 radical (unpaired) electrons. The van der Waals surface area contributed by atoms with E-state index >= 15 is 0 Å². The Morgan fingerprint density at radius 1 is 1.04 bits per heavy atom. The van der Waals surface area contributed by atoms with E-state index in [0.29, 0.717) is 12.5 Å². The summed E-state index contributed by atoms with van der Waals surface area (Å²) in [5, 5.41) is 3.59. The van der Waals surface area contributed by atoms with Crippen LogP contribution < -0.4 is 5.32 Å². The largest absolute Gasteiger partial charge is 0.381 e. The molecule has 2 aromatic rings. The lowest BCUT2D eigenvalue weighted by molar-refractivity contribution is 0.0976. The number of likely N-dealkylation sites (tertiary alicyclic amines) is 1. The number of benzene rings is 2. The number of nitrogens with one attached hydrogen (secondary N) is 1. The molecule has 3 rings (SSSR count). The van der Waals surface area contributed by atoms with Crippen molar-refractivity contribution in [3.63, 3.8) is 0 Å². The molecule has 1 saturated heterocycles. The van der Waals surface area contributed by atoms with Gasteiger partial charge in [0.25, 0.3) is 0 Å². The second kappa shape index (κ2) is 7.93. The highest BCUT2D eigenvalue weighted by molar-refractivity contribution is 5.95. The molecule has 1 N–H and O–H groups in total. The van der Waals surface area contributed by atoms with Crippen LogP contribution in [-0.2, 0) is 0 Å². The zero-order valence-corrected chi connectivity index (χ0v) is 13.4. The van der Waals surface area contributed by atoms with Gasteiger partial charge < -0.3 is 10.2 Å². The summed E-state index contributed by atoms with van der Waals surface area (Å²) >= 11 is 0. The predicted octanol–water partition coefficient (Wildman–Crippen LogP) is 3.84. The van der Waals surface area contributed by atoms with Crippen molar-refractivity contribution in [3.05, 3.63) is 66.2 Å². The van der Waals surface area contributed by atoms with E-state index in [0.717, 1.165) is 31.6 Å². The van der Waals surface area contributed by atoms with Gasteiger partial charge in [0.05, 0.1) is 0 Å². The average Bonchev–Trinajstić information content (AvgIpc) is 3.04. The third kappa shape index (κ3) is 4.67. The number of hydrogen-bond donors (Lipinski definition) is 1. The molecule has 0 spiro atoms.